The summed E-state index contributed by atoms with van der Waals surface area (Å²) in [5.41, 5.74) is 5.41. The highest BCUT2D eigenvalue weighted by Crippen LogP contribution is 2.35. The second-order valence-electron chi connectivity index (χ2n) is 8.11. The summed E-state index contributed by atoms with van der Waals surface area (Å²) in [7, 11) is 0. The summed E-state index contributed by atoms with van der Waals surface area (Å²) in [6.07, 6.45) is 6.83. The van der Waals surface area contributed by atoms with Crippen LogP contribution in [0.2, 0.25) is 0 Å². The fourth-order valence-electron chi connectivity index (χ4n) is 4.00. The molecule has 1 aliphatic rings. The molecule has 5 aromatic rings. The number of nitrogens with one attached hydrogen (secondary N) is 2. The van der Waals surface area contributed by atoms with Crippen LogP contribution in [-0.4, -0.2) is 30.1 Å². The zero-order chi connectivity index (χ0) is 23.9. The van der Waals surface area contributed by atoms with Crippen LogP contribution in [0, 0.1) is 11.6 Å². The van der Waals surface area contributed by atoms with Gasteiger partial charge in [-0.05, 0) is 37.1 Å². The van der Waals surface area contributed by atoms with E-state index in [2.05, 4.69) is 35.5 Å². The Morgan fingerprint density at radius 3 is 2.69 bits per heavy atom. The second-order valence-corrected chi connectivity index (χ2v) is 8.11. The predicted molar refractivity (Wildman–Crippen MR) is 126 cm³/mol. The molecule has 0 saturated carbocycles. The van der Waals surface area contributed by atoms with E-state index in [1.54, 1.807) is 30.6 Å². The number of hydrogen-bond donors (Lipinski definition) is 2. The van der Waals surface area contributed by atoms with Crippen LogP contribution in [0.5, 0.6) is 11.6 Å². The van der Waals surface area contributed by atoms with Gasteiger partial charge in [-0.2, -0.15) is 14.5 Å². The van der Waals surface area contributed by atoms with E-state index in [4.69, 9.17) is 4.74 Å². The first kappa shape index (κ1) is 20.8. The van der Waals surface area contributed by atoms with Crippen LogP contribution in [0.4, 0.5) is 20.4 Å². The van der Waals surface area contributed by atoms with Crippen LogP contribution in [-0.2, 0) is 6.42 Å². The average Bonchev–Trinajstić information content (AvgIpc) is 3.49. The van der Waals surface area contributed by atoms with Crippen molar-refractivity contribution in [3.8, 4) is 22.9 Å². The highest BCUT2D eigenvalue weighted by molar-refractivity contribution is 5.80. The Morgan fingerprint density at radius 2 is 1.80 bits per heavy atom. The molecule has 0 aliphatic heterocycles. The molecular formula is C25H17F2N7O. The third kappa shape index (κ3) is 3.84. The maximum absolute atomic E-state index is 15.1. The maximum Gasteiger partial charge on any atom is 0.261 e. The van der Waals surface area contributed by atoms with Crippen molar-refractivity contribution >= 4 is 28.7 Å². The van der Waals surface area contributed by atoms with E-state index < -0.39 is 17.5 Å². The van der Waals surface area contributed by atoms with Crippen molar-refractivity contribution in [2.24, 2.45) is 0 Å². The summed E-state index contributed by atoms with van der Waals surface area (Å²) in [6, 6.07) is 10.6. The number of ether oxygens (including phenoxy) is 1. The molecule has 8 nitrogen and oxygen atoms in total. The molecule has 3 aromatic heterocycles. The minimum absolute atomic E-state index is 0.111. The van der Waals surface area contributed by atoms with E-state index in [1.807, 2.05) is 25.1 Å². The zero-order valence-corrected chi connectivity index (χ0v) is 18.4. The van der Waals surface area contributed by atoms with Gasteiger partial charge in [-0.25, -0.2) is 9.37 Å². The third-order valence-electron chi connectivity index (χ3n) is 5.66. The Hall–Kier alpha value is -4.73. The van der Waals surface area contributed by atoms with E-state index in [0.717, 1.165) is 34.1 Å². The Labute approximate surface area is 197 Å². The van der Waals surface area contributed by atoms with E-state index in [0.29, 0.717) is 23.5 Å². The minimum Gasteiger partial charge on any atom is -0.433 e. The molecule has 35 heavy (non-hydrogen) atoms. The van der Waals surface area contributed by atoms with Gasteiger partial charge in [0, 0.05) is 29.6 Å². The van der Waals surface area contributed by atoms with Gasteiger partial charge < -0.3 is 10.1 Å². The van der Waals surface area contributed by atoms with Gasteiger partial charge in [0.2, 0.25) is 5.82 Å². The second kappa shape index (κ2) is 8.24. The lowest BCUT2D eigenvalue weighted by Gasteiger charge is -2.11. The van der Waals surface area contributed by atoms with Crippen LogP contribution in [0.3, 0.4) is 0 Å². The number of aromatic amines is 1. The van der Waals surface area contributed by atoms with Crippen molar-refractivity contribution in [2.45, 2.75) is 13.3 Å². The summed E-state index contributed by atoms with van der Waals surface area (Å²) >= 11 is 0. The Balaban J connectivity index is 1.25. The van der Waals surface area contributed by atoms with Crippen LogP contribution >= 0.6 is 0 Å². The van der Waals surface area contributed by atoms with Gasteiger partial charge in [0.1, 0.15) is 6.33 Å². The number of allylic oxidation sites excluding steroid dienone is 1. The number of halogens is 2. The molecule has 0 unspecified atom stereocenters. The summed E-state index contributed by atoms with van der Waals surface area (Å²) < 4.78 is 35.5. The molecule has 3 heterocycles. The van der Waals surface area contributed by atoms with E-state index in [1.165, 1.54) is 6.07 Å². The molecule has 2 N–H and O–H groups in total. The highest BCUT2D eigenvalue weighted by Gasteiger charge is 2.21. The monoisotopic (exact) mass is 469 g/mol. The van der Waals surface area contributed by atoms with Crippen LogP contribution in [0.15, 0.2) is 60.7 Å². The van der Waals surface area contributed by atoms with Gasteiger partial charge >= 0.3 is 0 Å². The molecule has 0 radical (unpaired) electrons. The molecule has 1 aliphatic carbocycles. The van der Waals surface area contributed by atoms with Crippen molar-refractivity contribution in [3.05, 3.63) is 83.5 Å². The molecular weight excluding hydrogens is 452 g/mol. The first-order valence-corrected chi connectivity index (χ1v) is 10.8. The number of hydrogen-bond acceptors (Lipinski definition) is 7. The minimum atomic E-state index is -0.871. The van der Waals surface area contributed by atoms with Gasteiger partial charge in [-0.3, -0.25) is 15.1 Å². The Morgan fingerprint density at radius 1 is 0.943 bits per heavy atom. The van der Waals surface area contributed by atoms with E-state index in [9.17, 15) is 4.39 Å². The largest absolute Gasteiger partial charge is 0.433 e. The summed E-state index contributed by atoms with van der Waals surface area (Å²) in [5, 5.41) is 9.89. The van der Waals surface area contributed by atoms with Gasteiger partial charge in [0.25, 0.3) is 5.88 Å². The van der Waals surface area contributed by atoms with Crippen LogP contribution < -0.4 is 10.1 Å². The maximum atomic E-state index is 15.1. The van der Waals surface area contributed by atoms with Crippen LogP contribution in [0.1, 0.15) is 18.1 Å². The molecule has 10 heteroatoms. The quantitative estimate of drug-likeness (QED) is 0.346. The molecule has 6 rings (SSSR count). The number of fused-ring (bicyclic) bond motifs is 2. The molecule has 0 atom stereocenters. The number of H-pyrrole nitrogens is 1. The lowest BCUT2D eigenvalue weighted by molar-refractivity contribution is 0.397. The van der Waals surface area contributed by atoms with Crippen molar-refractivity contribution < 1.29 is 13.5 Å². The highest BCUT2D eigenvalue weighted by atomic mass is 19.1. The first-order chi connectivity index (χ1) is 17.0. The Bertz CT molecular complexity index is 1630. The number of nitrogens with zero attached hydrogens (tertiary/aromatic N) is 5. The summed E-state index contributed by atoms with van der Waals surface area (Å²) in [6.45, 7) is 1.93. The molecule has 0 saturated heterocycles. The lowest BCUT2D eigenvalue weighted by atomic mass is 10.1. The Kier molecular flexibility index (Phi) is 4.91. The summed E-state index contributed by atoms with van der Waals surface area (Å²) in [4.78, 5) is 16.3. The van der Waals surface area contributed by atoms with Gasteiger partial charge in [-0.1, -0.05) is 23.8 Å². The average molecular weight is 469 g/mol. The van der Waals surface area contributed by atoms with Crippen molar-refractivity contribution in [3.63, 3.8) is 0 Å². The fourth-order valence-corrected chi connectivity index (χ4v) is 4.00. The van der Waals surface area contributed by atoms with Crippen molar-refractivity contribution in [1.29, 1.82) is 0 Å². The molecule has 0 spiro atoms. The topological polar surface area (TPSA) is 102 Å². The molecule has 0 fully saturated rings. The summed E-state index contributed by atoms with van der Waals surface area (Å²) in [5.74, 6) is -1.76. The van der Waals surface area contributed by atoms with Crippen LogP contribution in [0.25, 0.3) is 28.4 Å². The molecule has 2 aromatic carbocycles. The van der Waals surface area contributed by atoms with E-state index >= 15 is 4.39 Å². The normalized spacial score (nSPS) is 12.5. The SMILES string of the molecule is CC1=Cc2c(ccc(Oc3ncnc(Nc4cc(-c5ccc6nccnc6c5)[nH]n4)c3F)c2F)C1. The van der Waals surface area contributed by atoms with Gasteiger partial charge in [0.05, 0.1) is 16.7 Å². The van der Waals surface area contributed by atoms with E-state index in [-0.39, 0.29) is 11.6 Å². The smallest absolute Gasteiger partial charge is 0.261 e. The van der Waals surface area contributed by atoms with Crippen molar-refractivity contribution in [1.82, 2.24) is 30.1 Å². The zero-order valence-electron chi connectivity index (χ0n) is 18.4. The standard InChI is InChI=1S/C25H17F2N7O/c1-13-8-14-3-5-20(22(26)16(14)9-13)35-25-23(27)24(30-12-31-25)32-21-11-18(33-34-21)15-2-4-17-19(10-15)29-7-6-28-17/h2-7,9-12H,8H2,1H3,(H2,30,31,32,33,34). The number of benzene rings is 2. The van der Waals surface area contributed by atoms with Crippen molar-refractivity contribution in [2.75, 3.05) is 5.32 Å². The van der Waals surface area contributed by atoms with Gasteiger partial charge in [0.15, 0.2) is 23.2 Å². The first-order valence-electron chi connectivity index (χ1n) is 10.8. The third-order valence-corrected chi connectivity index (χ3v) is 5.66. The number of anilines is 2. The molecule has 0 amide bonds. The number of aromatic nitrogens is 6. The lowest BCUT2D eigenvalue weighted by Crippen LogP contribution is -2.02. The molecule has 172 valence electrons. The van der Waals surface area contributed by atoms with Gasteiger partial charge in [-0.15, -0.1) is 0 Å². The molecule has 0 bridgehead atoms. The number of rotatable bonds is 5. The fraction of sp³-hybridized carbons (Fsp3) is 0.0800. The predicted octanol–water partition coefficient (Wildman–Crippen LogP) is 5.58.